The summed E-state index contributed by atoms with van der Waals surface area (Å²) in [5, 5.41) is 1.42. The highest BCUT2D eigenvalue weighted by molar-refractivity contribution is 4.41. The maximum absolute atomic E-state index is 5.21. The highest BCUT2D eigenvalue weighted by Crippen LogP contribution is 2.06. The fourth-order valence-electron chi connectivity index (χ4n) is 0.860. The van der Waals surface area contributed by atoms with E-state index in [4.69, 9.17) is 14.4 Å². The molecule has 0 N–H and O–H groups in total. The highest BCUT2D eigenvalue weighted by atomic mass is 17.0. The SMILES string of the molecule is CCON(OCC)C(CC)OC. The molecule has 0 amide bonds. The lowest BCUT2D eigenvalue weighted by Crippen LogP contribution is -2.36. The zero-order valence-electron chi connectivity index (χ0n) is 8.37. The van der Waals surface area contributed by atoms with Crippen molar-refractivity contribution in [2.75, 3.05) is 20.3 Å². The lowest BCUT2D eigenvalue weighted by Gasteiger charge is -2.26. The fraction of sp³-hybridized carbons (Fsp3) is 1.00. The predicted molar refractivity (Wildman–Crippen MR) is 46.2 cm³/mol. The number of methoxy groups -OCH3 is 1. The van der Waals surface area contributed by atoms with Gasteiger partial charge in [-0.1, -0.05) is 6.92 Å². The summed E-state index contributed by atoms with van der Waals surface area (Å²) in [6, 6.07) is 0. The minimum atomic E-state index is -0.120. The van der Waals surface area contributed by atoms with Crippen molar-refractivity contribution in [2.45, 2.75) is 33.4 Å². The van der Waals surface area contributed by atoms with Gasteiger partial charge in [0.25, 0.3) is 0 Å². The fourth-order valence-corrected chi connectivity index (χ4v) is 0.860. The van der Waals surface area contributed by atoms with Crippen LogP contribution in [0.5, 0.6) is 0 Å². The molecule has 0 aromatic rings. The van der Waals surface area contributed by atoms with Crippen molar-refractivity contribution < 1.29 is 14.4 Å². The molecule has 12 heavy (non-hydrogen) atoms. The van der Waals surface area contributed by atoms with Crippen LogP contribution < -0.4 is 0 Å². The van der Waals surface area contributed by atoms with Gasteiger partial charge in [-0.05, 0) is 25.5 Å². The summed E-state index contributed by atoms with van der Waals surface area (Å²) < 4.78 is 5.14. The van der Waals surface area contributed by atoms with Crippen LogP contribution in [0.25, 0.3) is 0 Å². The standard InChI is InChI=1S/C8H19NO3/c1-5-8(10-4)9(11-6-2)12-7-3/h8H,5-7H2,1-4H3. The maximum Gasteiger partial charge on any atom is 0.159 e. The van der Waals surface area contributed by atoms with Crippen molar-refractivity contribution in [3.8, 4) is 0 Å². The monoisotopic (exact) mass is 177 g/mol. The minimum absolute atomic E-state index is 0.120. The van der Waals surface area contributed by atoms with Gasteiger partial charge < -0.3 is 4.74 Å². The third kappa shape index (κ3) is 4.01. The Labute approximate surface area is 74.3 Å². The molecule has 0 aliphatic carbocycles. The van der Waals surface area contributed by atoms with Crippen LogP contribution in [0.3, 0.4) is 0 Å². The van der Waals surface area contributed by atoms with Crippen LogP contribution in [-0.2, 0) is 14.4 Å². The molecule has 0 aromatic heterocycles. The summed E-state index contributed by atoms with van der Waals surface area (Å²) in [6.07, 6.45) is 0.709. The number of nitrogens with zero attached hydrogens (tertiary/aromatic N) is 1. The first kappa shape index (κ1) is 11.8. The van der Waals surface area contributed by atoms with E-state index in [1.165, 1.54) is 5.23 Å². The lowest BCUT2D eigenvalue weighted by molar-refractivity contribution is -0.418. The number of rotatable bonds is 7. The Morgan fingerprint density at radius 3 is 1.83 bits per heavy atom. The van der Waals surface area contributed by atoms with Gasteiger partial charge in [0.15, 0.2) is 6.23 Å². The highest BCUT2D eigenvalue weighted by Gasteiger charge is 2.16. The van der Waals surface area contributed by atoms with Gasteiger partial charge in [-0.15, -0.1) is 0 Å². The number of hydrogen-bond acceptors (Lipinski definition) is 4. The molecule has 0 rings (SSSR count). The molecule has 1 unspecified atom stereocenters. The lowest BCUT2D eigenvalue weighted by atomic mass is 10.4. The molecular weight excluding hydrogens is 158 g/mol. The van der Waals surface area contributed by atoms with Crippen molar-refractivity contribution in [1.29, 1.82) is 0 Å². The van der Waals surface area contributed by atoms with E-state index in [-0.39, 0.29) is 6.23 Å². The Kier molecular flexibility index (Phi) is 7.39. The molecule has 0 spiro atoms. The third-order valence-electron chi connectivity index (χ3n) is 1.37. The van der Waals surface area contributed by atoms with Gasteiger partial charge in [-0.25, -0.2) is 0 Å². The Bertz CT molecular complexity index is 90.3. The predicted octanol–water partition coefficient (Wildman–Crippen LogP) is 1.57. The molecule has 0 aliphatic rings. The molecule has 0 bridgehead atoms. The average molecular weight is 177 g/mol. The molecular formula is C8H19NO3. The number of ether oxygens (including phenoxy) is 1. The van der Waals surface area contributed by atoms with E-state index in [2.05, 4.69) is 0 Å². The van der Waals surface area contributed by atoms with Crippen molar-refractivity contribution in [3.05, 3.63) is 0 Å². The van der Waals surface area contributed by atoms with Crippen LogP contribution in [0.2, 0.25) is 0 Å². The average Bonchev–Trinajstić information content (AvgIpc) is 2.07. The Morgan fingerprint density at radius 2 is 1.58 bits per heavy atom. The molecule has 4 nitrogen and oxygen atoms in total. The van der Waals surface area contributed by atoms with E-state index in [1.807, 2.05) is 20.8 Å². The van der Waals surface area contributed by atoms with Gasteiger partial charge in [0.2, 0.25) is 0 Å². The molecule has 4 heteroatoms. The van der Waals surface area contributed by atoms with E-state index in [1.54, 1.807) is 7.11 Å². The largest absolute Gasteiger partial charge is 0.362 e. The summed E-state index contributed by atoms with van der Waals surface area (Å²) in [5.41, 5.74) is 0. The molecule has 0 saturated carbocycles. The second kappa shape index (κ2) is 7.49. The second-order valence-corrected chi connectivity index (χ2v) is 2.22. The summed E-state index contributed by atoms with van der Waals surface area (Å²) in [6.45, 7) is 7.00. The summed E-state index contributed by atoms with van der Waals surface area (Å²) in [4.78, 5) is 10.4. The smallest absolute Gasteiger partial charge is 0.159 e. The van der Waals surface area contributed by atoms with Crippen molar-refractivity contribution in [3.63, 3.8) is 0 Å². The second-order valence-electron chi connectivity index (χ2n) is 2.22. The van der Waals surface area contributed by atoms with Crippen molar-refractivity contribution >= 4 is 0 Å². The number of hydrogen-bond donors (Lipinski definition) is 0. The molecule has 0 heterocycles. The Balaban J connectivity index is 3.86. The molecule has 0 aliphatic heterocycles. The normalized spacial score (nSPS) is 13.8. The molecule has 0 fully saturated rings. The van der Waals surface area contributed by atoms with Gasteiger partial charge in [-0.3, -0.25) is 9.68 Å². The van der Waals surface area contributed by atoms with E-state index in [0.717, 1.165) is 6.42 Å². The van der Waals surface area contributed by atoms with Gasteiger partial charge in [0.1, 0.15) is 0 Å². The van der Waals surface area contributed by atoms with Crippen molar-refractivity contribution in [2.24, 2.45) is 0 Å². The summed E-state index contributed by atoms with van der Waals surface area (Å²) >= 11 is 0. The summed E-state index contributed by atoms with van der Waals surface area (Å²) in [7, 11) is 1.64. The van der Waals surface area contributed by atoms with E-state index >= 15 is 0 Å². The first-order chi connectivity index (χ1) is 5.79. The zero-order chi connectivity index (χ0) is 9.40. The van der Waals surface area contributed by atoms with Crippen LogP contribution in [0.1, 0.15) is 27.2 Å². The van der Waals surface area contributed by atoms with E-state index in [9.17, 15) is 0 Å². The first-order valence-corrected chi connectivity index (χ1v) is 4.37. The molecule has 1 atom stereocenters. The molecule has 74 valence electrons. The Hall–Kier alpha value is -0.160. The van der Waals surface area contributed by atoms with Gasteiger partial charge in [0, 0.05) is 7.11 Å². The Morgan fingerprint density at radius 1 is 1.08 bits per heavy atom. The molecule has 0 aromatic carbocycles. The molecule has 0 radical (unpaired) electrons. The quantitative estimate of drug-likeness (QED) is 0.436. The van der Waals surface area contributed by atoms with Crippen LogP contribution >= 0.6 is 0 Å². The summed E-state index contributed by atoms with van der Waals surface area (Å²) in [5.74, 6) is 0. The third-order valence-corrected chi connectivity index (χ3v) is 1.37. The van der Waals surface area contributed by atoms with Gasteiger partial charge in [0.05, 0.1) is 13.2 Å². The number of hydroxylamine groups is 2. The zero-order valence-corrected chi connectivity index (χ0v) is 8.37. The van der Waals surface area contributed by atoms with Crippen molar-refractivity contribution in [1.82, 2.24) is 5.23 Å². The maximum atomic E-state index is 5.21. The minimum Gasteiger partial charge on any atom is -0.362 e. The molecule has 0 saturated heterocycles. The topological polar surface area (TPSA) is 30.9 Å². The van der Waals surface area contributed by atoms with Crippen LogP contribution in [0.4, 0.5) is 0 Å². The van der Waals surface area contributed by atoms with Gasteiger partial charge in [-0.2, -0.15) is 0 Å². The van der Waals surface area contributed by atoms with Crippen LogP contribution in [-0.4, -0.2) is 31.8 Å². The van der Waals surface area contributed by atoms with E-state index < -0.39 is 0 Å². The van der Waals surface area contributed by atoms with E-state index in [0.29, 0.717) is 13.2 Å². The van der Waals surface area contributed by atoms with Gasteiger partial charge >= 0.3 is 0 Å². The van der Waals surface area contributed by atoms with Crippen LogP contribution in [0.15, 0.2) is 0 Å². The van der Waals surface area contributed by atoms with Crippen LogP contribution in [0, 0.1) is 0 Å². The first-order valence-electron chi connectivity index (χ1n) is 4.37.